The Morgan fingerprint density at radius 3 is 2.34 bits per heavy atom. The van der Waals surface area contributed by atoms with Crippen LogP contribution in [0, 0.1) is 13.8 Å². The fraction of sp³-hybridized carbons (Fsp3) is 0.320. The van der Waals surface area contributed by atoms with E-state index < -0.39 is 12.5 Å². The molecular formula is C25H25F2N3O5. The first-order valence-electron chi connectivity index (χ1n) is 11.1. The van der Waals surface area contributed by atoms with Gasteiger partial charge in [0.1, 0.15) is 23.9 Å². The summed E-state index contributed by atoms with van der Waals surface area (Å²) in [4.78, 5) is 29.1. The second-order valence-corrected chi connectivity index (χ2v) is 8.08. The van der Waals surface area contributed by atoms with Crippen LogP contribution in [0.2, 0.25) is 0 Å². The molecule has 4 rings (SSSR count). The Labute approximate surface area is 201 Å². The van der Waals surface area contributed by atoms with E-state index in [2.05, 4.69) is 9.89 Å². The molecule has 1 aliphatic rings. The highest BCUT2D eigenvalue weighted by Crippen LogP contribution is 2.23. The van der Waals surface area contributed by atoms with Crippen molar-refractivity contribution in [2.75, 3.05) is 26.2 Å². The number of hydrogen-bond acceptors (Lipinski definition) is 6. The highest BCUT2D eigenvalue weighted by Gasteiger charge is 2.27. The predicted octanol–water partition coefficient (Wildman–Crippen LogP) is 4.07. The van der Waals surface area contributed by atoms with Gasteiger partial charge in [-0.15, -0.1) is 0 Å². The van der Waals surface area contributed by atoms with E-state index in [9.17, 15) is 18.4 Å². The molecule has 1 aliphatic heterocycles. The number of benzene rings is 2. The molecule has 0 aliphatic carbocycles. The fourth-order valence-corrected chi connectivity index (χ4v) is 3.89. The SMILES string of the molecule is Cc1noc(C)c1COc1cccc(C(=O)N2CCN(C(=O)c3ccccc3OC(F)F)CC2)c1. The molecule has 2 amide bonds. The number of nitrogens with zero attached hydrogens (tertiary/aromatic N) is 3. The van der Waals surface area contributed by atoms with Crippen molar-refractivity contribution in [3.05, 3.63) is 76.7 Å². The van der Waals surface area contributed by atoms with Gasteiger partial charge in [-0.3, -0.25) is 9.59 Å². The molecule has 0 saturated carbocycles. The van der Waals surface area contributed by atoms with Gasteiger partial charge in [-0.1, -0.05) is 23.4 Å². The lowest BCUT2D eigenvalue weighted by Crippen LogP contribution is -2.50. The summed E-state index contributed by atoms with van der Waals surface area (Å²) in [5.41, 5.74) is 2.15. The van der Waals surface area contributed by atoms with Crippen LogP contribution in [0.1, 0.15) is 37.7 Å². The molecule has 8 nitrogen and oxygen atoms in total. The largest absolute Gasteiger partial charge is 0.489 e. The average molecular weight is 485 g/mol. The number of rotatable bonds is 7. The fourth-order valence-electron chi connectivity index (χ4n) is 3.89. The summed E-state index contributed by atoms with van der Waals surface area (Å²) in [6.07, 6.45) is 0. The number of carbonyl (C=O) groups excluding carboxylic acids is 2. The number of aromatic nitrogens is 1. The van der Waals surface area contributed by atoms with Gasteiger partial charge >= 0.3 is 6.61 Å². The summed E-state index contributed by atoms with van der Waals surface area (Å²) in [6.45, 7) is 2.07. The van der Waals surface area contributed by atoms with Gasteiger partial charge in [0.15, 0.2) is 0 Å². The van der Waals surface area contributed by atoms with Gasteiger partial charge in [-0.05, 0) is 44.2 Å². The van der Waals surface area contributed by atoms with Gasteiger partial charge in [-0.25, -0.2) is 0 Å². The van der Waals surface area contributed by atoms with E-state index in [1.165, 1.54) is 23.1 Å². The van der Waals surface area contributed by atoms with E-state index in [4.69, 9.17) is 9.26 Å². The van der Waals surface area contributed by atoms with Crippen molar-refractivity contribution in [3.8, 4) is 11.5 Å². The van der Waals surface area contributed by atoms with Crippen molar-refractivity contribution >= 4 is 11.8 Å². The molecule has 1 aromatic heterocycles. The molecule has 0 unspecified atom stereocenters. The standard InChI is InChI=1S/C25H25F2N3O5/c1-16-21(17(2)35-28-16)15-33-19-7-5-6-18(14-19)23(31)29-10-12-30(13-11-29)24(32)20-8-3-4-9-22(20)34-25(26)27/h3-9,14,25H,10-13,15H2,1-2H3. The predicted molar refractivity (Wildman–Crippen MR) is 122 cm³/mol. The summed E-state index contributed by atoms with van der Waals surface area (Å²) < 4.78 is 40.8. The van der Waals surface area contributed by atoms with Crippen LogP contribution in [0.25, 0.3) is 0 Å². The summed E-state index contributed by atoms with van der Waals surface area (Å²) in [7, 11) is 0. The minimum Gasteiger partial charge on any atom is -0.489 e. The number of piperazine rings is 1. The Bertz CT molecular complexity index is 1190. The van der Waals surface area contributed by atoms with Gasteiger partial charge < -0.3 is 23.8 Å². The third-order valence-corrected chi connectivity index (χ3v) is 5.83. The number of alkyl halides is 2. The van der Waals surface area contributed by atoms with E-state index >= 15 is 0 Å². The topological polar surface area (TPSA) is 85.1 Å². The lowest BCUT2D eigenvalue weighted by atomic mass is 10.1. The number of amides is 2. The van der Waals surface area contributed by atoms with Gasteiger partial charge in [0, 0.05) is 31.7 Å². The van der Waals surface area contributed by atoms with Crippen LogP contribution < -0.4 is 9.47 Å². The molecule has 35 heavy (non-hydrogen) atoms. The van der Waals surface area contributed by atoms with Crippen molar-refractivity contribution in [1.29, 1.82) is 0 Å². The van der Waals surface area contributed by atoms with Crippen LogP contribution in [-0.4, -0.2) is 59.6 Å². The van der Waals surface area contributed by atoms with Crippen LogP contribution in [0.5, 0.6) is 11.5 Å². The van der Waals surface area contributed by atoms with E-state index in [0.717, 1.165) is 11.3 Å². The van der Waals surface area contributed by atoms with E-state index in [1.54, 1.807) is 35.2 Å². The number of halogens is 2. The van der Waals surface area contributed by atoms with E-state index in [-0.39, 0.29) is 36.9 Å². The van der Waals surface area contributed by atoms with E-state index in [1.807, 2.05) is 13.8 Å². The number of ether oxygens (including phenoxy) is 2. The molecule has 10 heteroatoms. The van der Waals surface area contributed by atoms with Gasteiger partial charge in [-0.2, -0.15) is 8.78 Å². The molecular weight excluding hydrogens is 460 g/mol. The zero-order chi connectivity index (χ0) is 24.9. The normalized spacial score (nSPS) is 13.7. The van der Waals surface area contributed by atoms with Gasteiger partial charge in [0.05, 0.1) is 16.8 Å². The molecule has 0 atom stereocenters. The van der Waals surface area contributed by atoms with Crippen molar-refractivity contribution in [2.45, 2.75) is 27.1 Å². The van der Waals surface area contributed by atoms with Crippen molar-refractivity contribution < 1.29 is 32.4 Å². The third kappa shape index (κ3) is 5.59. The molecule has 2 aromatic carbocycles. The quantitative estimate of drug-likeness (QED) is 0.502. The zero-order valence-electron chi connectivity index (χ0n) is 19.4. The first kappa shape index (κ1) is 24.2. The Morgan fingerprint density at radius 2 is 1.69 bits per heavy atom. The molecule has 3 aromatic rings. The highest BCUT2D eigenvalue weighted by molar-refractivity contribution is 5.97. The van der Waals surface area contributed by atoms with Gasteiger partial charge in [0.25, 0.3) is 11.8 Å². The maximum Gasteiger partial charge on any atom is 0.387 e. The Hall–Kier alpha value is -3.95. The van der Waals surface area contributed by atoms with Crippen molar-refractivity contribution in [1.82, 2.24) is 15.0 Å². The number of hydrogen-bond donors (Lipinski definition) is 0. The van der Waals surface area contributed by atoms with Crippen molar-refractivity contribution in [2.24, 2.45) is 0 Å². The minimum atomic E-state index is -3.03. The lowest BCUT2D eigenvalue weighted by molar-refractivity contribution is -0.0503. The molecule has 0 bridgehead atoms. The maximum atomic E-state index is 13.1. The molecule has 0 spiro atoms. The smallest absolute Gasteiger partial charge is 0.387 e. The monoisotopic (exact) mass is 485 g/mol. The minimum absolute atomic E-state index is 0.0655. The molecule has 2 heterocycles. The summed E-state index contributed by atoms with van der Waals surface area (Å²) in [5, 5.41) is 3.91. The summed E-state index contributed by atoms with van der Waals surface area (Å²) in [6, 6.07) is 12.8. The van der Waals surface area contributed by atoms with Crippen LogP contribution in [0.15, 0.2) is 53.1 Å². The zero-order valence-corrected chi connectivity index (χ0v) is 19.4. The van der Waals surface area contributed by atoms with Crippen LogP contribution in [0.4, 0.5) is 8.78 Å². The Balaban J connectivity index is 1.36. The van der Waals surface area contributed by atoms with Crippen LogP contribution in [0.3, 0.4) is 0 Å². The number of carbonyl (C=O) groups is 2. The average Bonchev–Trinajstić information content (AvgIpc) is 3.19. The van der Waals surface area contributed by atoms with Crippen LogP contribution in [-0.2, 0) is 6.61 Å². The Morgan fingerprint density at radius 1 is 1.00 bits per heavy atom. The number of aryl methyl sites for hydroxylation is 2. The second-order valence-electron chi connectivity index (χ2n) is 8.08. The first-order chi connectivity index (χ1) is 16.8. The van der Waals surface area contributed by atoms with E-state index in [0.29, 0.717) is 30.2 Å². The van der Waals surface area contributed by atoms with Gasteiger partial charge in [0.2, 0.25) is 0 Å². The third-order valence-electron chi connectivity index (χ3n) is 5.83. The molecule has 1 fully saturated rings. The first-order valence-corrected chi connectivity index (χ1v) is 11.1. The molecule has 1 saturated heterocycles. The Kier molecular flexibility index (Phi) is 7.28. The lowest BCUT2D eigenvalue weighted by Gasteiger charge is -2.35. The molecule has 0 radical (unpaired) electrons. The maximum absolute atomic E-state index is 13.1. The number of para-hydroxylation sites is 1. The van der Waals surface area contributed by atoms with Crippen LogP contribution >= 0.6 is 0 Å². The second kappa shape index (κ2) is 10.5. The van der Waals surface area contributed by atoms with Crippen molar-refractivity contribution in [3.63, 3.8) is 0 Å². The molecule has 0 N–H and O–H groups in total. The summed E-state index contributed by atoms with van der Waals surface area (Å²) in [5.74, 6) is 0.467. The summed E-state index contributed by atoms with van der Waals surface area (Å²) >= 11 is 0. The molecule has 184 valence electrons. The highest BCUT2D eigenvalue weighted by atomic mass is 19.3.